The maximum Gasteiger partial charge on any atom is 0.0270 e. The lowest BCUT2D eigenvalue weighted by Gasteiger charge is -2.25. The largest absolute Gasteiger partial charge is 0.265 e. The van der Waals surface area contributed by atoms with Gasteiger partial charge in [-0.05, 0) is 47.2 Å². The molecule has 0 spiro atoms. The zero-order valence-corrected chi connectivity index (χ0v) is 9.72. The quantitative estimate of drug-likeness (QED) is 0.781. The molecular weight excluding hydrogens is 196 g/mol. The molecule has 2 nitrogen and oxygen atoms in total. The molecule has 0 saturated carbocycles. The van der Waals surface area contributed by atoms with Crippen molar-refractivity contribution in [2.75, 3.05) is 0 Å². The second-order valence-electron chi connectivity index (χ2n) is 4.65. The van der Waals surface area contributed by atoms with Crippen molar-refractivity contribution < 1.29 is 0 Å². The summed E-state index contributed by atoms with van der Waals surface area (Å²) in [7, 11) is 0. The van der Waals surface area contributed by atoms with E-state index in [0.29, 0.717) is 0 Å². The predicted molar refractivity (Wildman–Crippen MR) is 65.2 cm³/mol. The second-order valence-corrected chi connectivity index (χ2v) is 4.65. The second kappa shape index (κ2) is 4.44. The fraction of sp³-hybridized carbons (Fsp3) is 0.286. The van der Waals surface area contributed by atoms with E-state index in [2.05, 4.69) is 48.1 Å². The predicted octanol–water partition coefficient (Wildman–Crippen LogP) is 3.00. The van der Waals surface area contributed by atoms with Crippen molar-refractivity contribution in [3.8, 4) is 0 Å². The van der Waals surface area contributed by atoms with Gasteiger partial charge in [0, 0.05) is 24.8 Å². The van der Waals surface area contributed by atoms with E-state index < -0.39 is 0 Å². The standard InChI is InChI=1S/C14H16N2/c1-14(2,13-5-9-16-10-6-13)11-12-3-7-15-8-4-12/h3-10H,11H2,1-2H3. The molecule has 0 unspecified atom stereocenters. The highest BCUT2D eigenvalue weighted by molar-refractivity contribution is 5.25. The van der Waals surface area contributed by atoms with Gasteiger partial charge < -0.3 is 0 Å². The van der Waals surface area contributed by atoms with Crippen molar-refractivity contribution >= 4 is 0 Å². The van der Waals surface area contributed by atoms with Crippen LogP contribution in [0, 0.1) is 0 Å². The summed E-state index contributed by atoms with van der Waals surface area (Å²) in [4.78, 5) is 8.09. The monoisotopic (exact) mass is 212 g/mol. The van der Waals surface area contributed by atoms with Crippen LogP contribution in [0.5, 0.6) is 0 Å². The smallest absolute Gasteiger partial charge is 0.0270 e. The first-order chi connectivity index (χ1) is 7.68. The Morgan fingerprint density at radius 3 is 1.94 bits per heavy atom. The number of pyridine rings is 2. The molecular formula is C14H16N2. The molecule has 82 valence electrons. The van der Waals surface area contributed by atoms with Crippen LogP contribution in [0.15, 0.2) is 49.1 Å². The van der Waals surface area contributed by atoms with Gasteiger partial charge in [0.25, 0.3) is 0 Å². The van der Waals surface area contributed by atoms with Crippen LogP contribution in [-0.4, -0.2) is 9.97 Å². The Labute approximate surface area is 96.4 Å². The highest BCUT2D eigenvalue weighted by Gasteiger charge is 2.20. The molecule has 0 bridgehead atoms. The number of rotatable bonds is 3. The first-order valence-electron chi connectivity index (χ1n) is 5.48. The van der Waals surface area contributed by atoms with Crippen LogP contribution in [0.25, 0.3) is 0 Å². The molecule has 2 aromatic rings. The average molecular weight is 212 g/mol. The third-order valence-electron chi connectivity index (χ3n) is 2.86. The molecule has 0 atom stereocenters. The van der Waals surface area contributed by atoms with Gasteiger partial charge in [-0.15, -0.1) is 0 Å². The van der Waals surface area contributed by atoms with Gasteiger partial charge in [-0.25, -0.2) is 0 Å². The Morgan fingerprint density at radius 2 is 1.38 bits per heavy atom. The first kappa shape index (κ1) is 10.8. The normalized spacial score (nSPS) is 11.4. The molecule has 2 aromatic heterocycles. The molecule has 2 rings (SSSR count). The van der Waals surface area contributed by atoms with E-state index in [1.165, 1.54) is 11.1 Å². The first-order valence-corrected chi connectivity index (χ1v) is 5.48. The molecule has 0 fully saturated rings. The molecule has 0 aliphatic carbocycles. The summed E-state index contributed by atoms with van der Waals surface area (Å²) in [5, 5.41) is 0. The topological polar surface area (TPSA) is 25.8 Å². The van der Waals surface area contributed by atoms with Crippen LogP contribution in [0.3, 0.4) is 0 Å². The summed E-state index contributed by atoms with van der Waals surface area (Å²) in [5.41, 5.74) is 2.76. The zero-order chi connectivity index (χ0) is 11.4. The van der Waals surface area contributed by atoms with Gasteiger partial charge in [0.15, 0.2) is 0 Å². The lowest BCUT2D eigenvalue weighted by atomic mass is 9.80. The van der Waals surface area contributed by atoms with Gasteiger partial charge in [0.1, 0.15) is 0 Å². The van der Waals surface area contributed by atoms with Crippen LogP contribution in [0.1, 0.15) is 25.0 Å². The van der Waals surface area contributed by atoms with Crippen molar-refractivity contribution in [1.82, 2.24) is 9.97 Å². The molecule has 0 aromatic carbocycles. The van der Waals surface area contributed by atoms with Crippen LogP contribution >= 0.6 is 0 Å². The highest BCUT2D eigenvalue weighted by Crippen LogP contribution is 2.26. The summed E-state index contributed by atoms with van der Waals surface area (Å²) in [6, 6.07) is 8.31. The van der Waals surface area contributed by atoms with Gasteiger partial charge in [-0.3, -0.25) is 9.97 Å². The number of hydrogen-bond acceptors (Lipinski definition) is 2. The molecule has 0 aliphatic rings. The Morgan fingerprint density at radius 1 is 0.875 bits per heavy atom. The Kier molecular flexibility index (Phi) is 3.00. The summed E-state index contributed by atoms with van der Waals surface area (Å²) < 4.78 is 0. The van der Waals surface area contributed by atoms with E-state index in [1.54, 1.807) is 0 Å². The molecule has 2 heteroatoms. The minimum Gasteiger partial charge on any atom is -0.265 e. The van der Waals surface area contributed by atoms with Crippen LogP contribution in [-0.2, 0) is 11.8 Å². The number of aromatic nitrogens is 2. The van der Waals surface area contributed by atoms with E-state index in [0.717, 1.165) is 6.42 Å². The van der Waals surface area contributed by atoms with Crippen molar-refractivity contribution in [2.24, 2.45) is 0 Å². The fourth-order valence-corrected chi connectivity index (χ4v) is 1.92. The SMILES string of the molecule is CC(C)(Cc1ccncc1)c1ccncc1. The Bertz CT molecular complexity index is 435. The summed E-state index contributed by atoms with van der Waals surface area (Å²) in [5.74, 6) is 0. The number of hydrogen-bond donors (Lipinski definition) is 0. The Hall–Kier alpha value is -1.70. The number of nitrogens with zero attached hydrogens (tertiary/aromatic N) is 2. The van der Waals surface area contributed by atoms with Gasteiger partial charge >= 0.3 is 0 Å². The molecule has 0 amide bonds. The third-order valence-corrected chi connectivity index (χ3v) is 2.86. The minimum atomic E-state index is 0.129. The van der Waals surface area contributed by atoms with Crippen LogP contribution in [0.4, 0.5) is 0 Å². The van der Waals surface area contributed by atoms with Crippen molar-refractivity contribution in [3.05, 3.63) is 60.2 Å². The molecule has 2 heterocycles. The van der Waals surface area contributed by atoms with Gasteiger partial charge in [-0.1, -0.05) is 13.8 Å². The van der Waals surface area contributed by atoms with Crippen molar-refractivity contribution in [1.29, 1.82) is 0 Å². The molecule has 0 radical (unpaired) electrons. The van der Waals surface area contributed by atoms with E-state index >= 15 is 0 Å². The minimum absolute atomic E-state index is 0.129. The zero-order valence-electron chi connectivity index (χ0n) is 9.72. The summed E-state index contributed by atoms with van der Waals surface area (Å²) in [6.45, 7) is 4.51. The van der Waals surface area contributed by atoms with Gasteiger partial charge in [0.05, 0.1) is 0 Å². The molecule has 16 heavy (non-hydrogen) atoms. The van der Waals surface area contributed by atoms with Crippen LogP contribution in [0.2, 0.25) is 0 Å². The van der Waals surface area contributed by atoms with E-state index in [1.807, 2.05) is 24.8 Å². The van der Waals surface area contributed by atoms with Crippen LogP contribution < -0.4 is 0 Å². The van der Waals surface area contributed by atoms with Gasteiger partial charge in [-0.2, -0.15) is 0 Å². The third kappa shape index (κ3) is 2.45. The van der Waals surface area contributed by atoms with E-state index in [9.17, 15) is 0 Å². The fourth-order valence-electron chi connectivity index (χ4n) is 1.92. The lowest BCUT2D eigenvalue weighted by Crippen LogP contribution is -2.20. The van der Waals surface area contributed by atoms with Gasteiger partial charge in [0.2, 0.25) is 0 Å². The van der Waals surface area contributed by atoms with E-state index in [-0.39, 0.29) is 5.41 Å². The highest BCUT2D eigenvalue weighted by atomic mass is 14.6. The van der Waals surface area contributed by atoms with Crippen molar-refractivity contribution in [2.45, 2.75) is 25.7 Å². The molecule has 0 N–H and O–H groups in total. The summed E-state index contributed by atoms with van der Waals surface area (Å²) in [6.07, 6.45) is 8.41. The Balaban J connectivity index is 2.21. The molecule has 0 saturated heterocycles. The van der Waals surface area contributed by atoms with E-state index in [4.69, 9.17) is 0 Å². The average Bonchev–Trinajstić information content (AvgIpc) is 2.31. The molecule has 0 aliphatic heterocycles. The summed E-state index contributed by atoms with van der Waals surface area (Å²) >= 11 is 0. The maximum absolute atomic E-state index is 4.06. The lowest BCUT2D eigenvalue weighted by molar-refractivity contribution is 0.521. The van der Waals surface area contributed by atoms with Crippen molar-refractivity contribution in [3.63, 3.8) is 0 Å². The maximum atomic E-state index is 4.06.